The fraction of sp³-hybridized carbons (Fsp3) is 0.778. The number of thiocarbonyl (C=S) groups is 1. The van der Waals surface area contributed by atoms with Gasteiger partial charge in [0.05, 0.1) is 10.5 Å². The van der Waals surface area contributed by atoms with Crippen LogP contribution >= 0.6 is 24.0 Å². The van der Waals surface area contributed by atoms with Crippen molar-refractivity contribution in [3.8, 4) is 0 Å². The van der Waals surface area contributed by atoms with Gasteiger partial charge in [-0.15, -0.1) is 0 Å². The smallest absolute Gasteiger partial charge is 0.221 e. The molecular formula is C9H18N2OS2. The zero-order chi connectivity index (χ0) is 11.2. The highest BCUT2D eigenvalue weighted by Crippen LogP contribution is 2.10. The van der Waals surface area contributed by atoms with Gasteiger partial charge < -0.3 is 11.1 Å². The van der Waals surface area contributed by atoms with Crippen molar-refractivity contribution in [2.24, 2.45) is 5.73 Å². The van der Waals surface area contributed by atoms with Crippen LogP contribution < -0.4 is 11.1 Å². The van der Waals surface area contributed by atoms with E-state index in [1.54, 1.807) is 11.8 Å². The van der Waals surface area contributed by atoms with E-state index >= 15 is 0 Å². The van der Waals surface area contributed by atoms with Crippen molar-refractivity contribution in [2.45, 2.75) is 32.2 Å². The lowest BCUT2D eigenvalue weighted by Gasteiger charge is -2.28. The third-order valence-corrected chi connectivity index (χ3v) is 3.26. The van der Waals surface area contributed by atoms with Gasteiger partial charge in [0.25, 0.3) is 0 Å². The highest BCUT2D eigenvalue weighted by Gasteiger charge is 2.26. The van der Waals surface area contributed by atoms with Crippen molar-refractivity contribution in [3.05, 3.63) is 0 Å². The molecule has 3 nitrogen and oxygen atoms in total. The summed E-state index contributed by atoms with van der Waals surface area (Å²) in [7, 11) is 0. The number of nitrogens with one attached hydrogen (secondary N) is 1. The van der Waals surface area contributed by atoms with Crippen LogP contribution in [0.3, 0.4) is 0 Å². The average Bonchev–Trinajstić information content (AvgIpc) is 2.14. The number of amides is 1. The second-order valence-electron chi connectivity index (χ2n) is 3.34. The van der Waals surface area contributed by atoms with Crippen molar-refractivity contribution in [1.82, 2.24) is 5.32 Å². The van der Waals surface area contributed by atoms with Gasteiger partial charge >= 0.3 is 0 Å². The fourth-order valence-electron chi connectivity index (χ4n) is 0.889. The summed E-state index contributed by atoms with van der Waals surface area (Å²) >= 11 is 6.57. The fourth-order valence-corrected chi connectivity index (χ4v) is 1.47. The molecule has 0 radical (unpaired) electrons. The minimum Gasteiger partial charge on any atom is -0.391 e. The van der Waals surface area contributed by atoms with E-state index in [9.17, 15) is 4.79 Å². The van der Waals surface area contributed by atoms with Gasteiger partial charge in [0.2, 0.25) is 5.91 Å². The summed E-state index contributed by atoms with van der Waals surface area (Å²) < 4.78 is 0. The van der Waals surface area contributed by atoms with E-state index < -0.39 is 5.54 Å². The quantitative estimate of drug-likeness (QED) is 0.680. The third kappa shape index (κ3) is 4.28. The van der Waals surface area contributed by atoms with E-state index in [1.807, 2.05) is 20.1 Å². The molecule has 0 spiro atoms. The zero-order valence-corrected chi connectivity index (χ0v) is 10.6. The zero-order valence-electron chi connectivity index (χ0n) is 8.92. The Morgan fingerprint density at radius 3 is 2.57 bits per heavy atom. The van der Waals surface area contributed by atoms with E-state index in [0.29, 0.717) is 17.8 Å². The molecule has 0 aromatic heterocycles. The summed E-state index contributed by atoms with van der Waals surface area (Å²) in [5.74, 6) is 0.833. The van der Waals surface area contributed by atoms with Gasteiger partial charge in [0.15, 0.2) is 0 Å². The van der Waals surface area contributed by atoms with E-state index in [2.05, 4.69) is 5.32 Å². The molecule has 0 aromatic carbocycles. The first-order valence-electron chi connectivity index (χ1n) is 4.56. The summed E-state index contributed by atoms with van der Waals surface area (Å²) in [6.45, 7) is 3.81. The average molecular weight is 234 g/mol. The molecule has 0 aliphatic rings. The second kappa shape index (κ2) is 6.24. The van der Waals surface area contributed by atoms with Crippen molar-refractivity contribution >= 4 is 34.9 Å². The van der Waals surface area contributed by atoms with Gasteiger partial charge in [-0.1, -0.05) is 19.1 Å². The number of hydrogen-bond acceptors (Lipinski definition) is 3. The second-order valence-corrected chi connectivity index (χ2v) is 4.77. The van der Waals surface area contributed by atoms with Crippen LogP contribution in [0.25, 0.3) is 0 Å². The standard InChI is InChI=1S/C9H18N2OS2/c1-4-9(2,8(10)13)11-7(12)5-6-14-3/h4-6H2,1-3H3,(H2,10,13)(H,11,12). The Balaban J connectivity index is 4.18. The lowest BCUT2D eigenvalue weighted by Crippen LogP contribution is -2.54. The van der Waals surface area contributed by atoms with Gasteiger partial charge in [-0.2, -0.15) is 11.8 Å². The molecule has 5 heteroatoms. The molecule has 0 rings (SSSR count). The number of carbonyl (C=O) groups excluding carboxylic acids is 1. The molecule has 1 amide bonds. The number of carbonyl (C=O) groups is 1. The summed E-state index contributed by atoms with van der Waals surface area (Å²) in [5, 5.41) is 2.86. The molecule has 82 valence electrons. The molecular weight excluding hydrogens is 216 g/mol. The maximum atomic E-state index is 11.4. The number of hydrogen-bond donors (Lipinski definition) is 2. The molecule has 0 aromatic rings. The summed E-state index contributed by atoms with van der Waals surface area (Å²) in [6, 6.07) is 0. The van der Waals surface area contributed by atoms with E-state index in [1.165, 1.54) is 0 Å². The van der Waals surface area contributed by atoms with Crippen LogP contribution in [0.1, 0.15) is 26.7 Å². The van der Waals surface area contributed by atoms with Crippen LogP contribution in [0.2, 0.25) is 0 Å². The van der Waals surface area contributed by atoms with Crippen molar-refractivity contribution in [1.29, 1.82) is 0 Å². The highest BCUT2D eigenvalue weighted by molar-refractivity contribution is 7.98. The Hall–Kier alpha value is -0.290. The molecule has 0 fully saturated rings. The first-order chi connectivity index (χ1) is 6.46. The number of nitrogens with two attached hydrogens (primary N) is 1. The predicted molar refractivity (Wildman–Crippen MR) is 66.6 cm³/mol. The monoisotopic (exact) mass is 234 g/mol. The Morgan fingerprint density at radius 2 is 2.21 bits per heavy atom. The Labute approximate surface area is 95.2 Å². The minimum atomic E-state index is -0.537. The predicted octanol–water partition coefficient (Wildman–Crippen LogP) is 1.31. The Morgan fingerprint density at radius 1 is 1.64 bits per heavy atom. The maximum Gasteiger partial charge on any atom is 0.221 e. The van der Waals surface area contributed by atoms with Gasteiger partial charge in [0, 0.05) is 12.2 Å². The van der Waals surface area contributed by atoms with Crippen LogP contribution in [0.5, 0.6) is 0 Å². The normalized spacial score (nSPS) is 14.5. The molecule has 3 N–H and O–H groups in total. The third-order valence-electron chi connectivity index (χ3n) is 2.20. The number of thioether (sulfide) groups is 1. The Kier molecular flexibility index (Phi) is 6.11. The van der Waals surface area contributed by atoms with E-state index in [4.69, 9.17) is 18.0 Å². The highest BCUT2D eigenvalue weighted by atomic mass is 32.2. The summed E-state index contributed by atoms with van der Waals surface area (Å²) in [4.78, 5) is 11.8. The molecule has 14 heavy (non-hydrogen) atoms. The van der Waals surface area contributed by atoms with E-state index in [0.717, 1.165) is 5.75 Å². The van der Waals surface area contributed by atoms with Gasteiger partial charge in [0.1, 0.15) is 0 Å². The van der Waals surface area contributed by atoms with Crippen LogP contribution in [0.4, 0.5) is 0 Å². The van der Waals surface area contributed by atoms with Gasteiger partial charge in [-0.05, 0) is 19.6 Å². The maximum absolute atomic E-state index is 11.4. The minimum absolute atomic E-state index is 0.0106. The first kappa shape index (κ1) is 13.7. The molecule has 1 atom stereocenters. The summed E-state index contributed by atoms with van der Waals surface area (Å²) in [5.41, 5.74) is 5.03. The molecule has 0 saturated heterocycles. The molecule has 0 saturated carbocycles. The molecule has 1 unspecified atom stereocenters. The molecule has 0 bridgehead atoms. The lowest BCUT2D eigenvalue weighted by molar-refractivity contribution is -0.121. The molecule has 0 aliphatic carbocycles. The number of rotatable bonds is 6. The van der Waals surface area contributed by atoms with Crippen molar-refractivity contribution in [3.63, 3.8) is 0 Å². The van der Waals surface area contributed by atoms with Crippen LogP contribution in [0, 0.1) is 0 Å². The van der Waals surface area contributed by atoms with Crippen LogP contribution in [0.15, 0.2) is 0 Å². The topological polar surface area (TPSA) is 55.1 Å². The molecule has 0 heterocycles. The van der Waals surface area contributed by atoms with Crippen molar-refractivity contribution < 1.29 is 4.79 Å². The Bertz CT molecular complexity index is 221. The van der Waals surface area contributed by atoms with Crippen LogP contribution in [-0.2, 0) is 4.79 Å². The van der Waals surface area contributed by atoms with Crippen LogP contribution in [-0.4, -0.2) is 28.4 Å². The van der Waals surface area contributed by atoms with Gasteiger partial charge in [-0.25, -0.2) is 0 Å². The van der Waals surface area contributed by atoms with Gasteiger partial charge in [-0.3, -0.25) is 4.79 Å². The van der Waals surface area contributed by atoms with E-state index in [-0.39, 0.29) is 5.91 Å². The lowest BCUT2D eigenvalue weighted by atomic mass is 9.99. The first-order valence-corrected chi connectivity index (χ1v) is 6.36. The SMILES string of the molecule is CCC(C)(NC(=O)CCSC)C(N)=S. The summed E-state index contributed by atoms with van der Waals surface area (Å²) in [6.07, 6.45) is 3.20. The van der Waals surface area contributed by atoms with Crippen molar-refractivity contribution in [2.75, 3.05) is 12.0 Å². The largest absolute Gasteiger partial charge is 0.391 e. The molecule has 0 aliphatic heterocycles.